The molecule has 1 aliphatic rings. The Balaban J connectivity index is 2.08. The second-order valence-electron chi connectivity index (χ2n) is 4.15. The number of aliphatic carboxylic acids is 1. The van der Waals surface area contributed by atoms with E-state index in [2.05, 4.69) is 15.5 Å². The van der Waals surface area contributed by atoms with Gasteiger partial charge in [-0.1, -0.05) is 0 Å². The Labute approximate surface area is 117 Å². The topological polar surface area (TPSA) is 90.9 Å². The summed E-state index contributed by atoms with van der Waals surface area (Å²) in [6, 6.07) is -0.366. The Morgan fingerprint density at radius 3 is 2.63 bits per heavy atom. The number of nitrogens with one attached hydrogen (secondary N) is 2. The lowest BCUT2D eigenvalue weighted by molar-refractivity contribution is -0.147. The van der Waals surface area contributed by atoms with Crippen molar-refractivity contribution in [2.45, 2.75) is 6.10 Å². The van der Waals surface area contributed by atoms with Gasteiger partial charge in [-0.3, -0.25) is 4.90 Å². The highest BCUT2D eigenvalue weighted by Gasteiger charge is 2.17. The Morgan fingerprint density at radius 2 is 2.05 bits per heavy atom. The number of carbonyl (C=O) groups excluding carboxylic acids is 1. The minimum absolute atomic E-state index is 0.0436. The zero-order valence-corrected chi connectivity index (χ0v) is 11.9. The number of carboxylic acids is 1. The fourth-order valence-electron chi connectivity index (χ4n) is 1.67. The number of urea groups is 1. The number of hydrogen-bond acceptors (Lipinski definition) is 5. The van der Waals surface area contributed by atoms with Gasteiger partial charge in [-0.25, -0.2) is 9.59 Å². The third-order valence-electron chi connectivity index (χ3n) is 2.83. The molecule has 0 saturated carbocycles. The lowest BCUT2D eigenvalue weighted by Crippen LogP contribution is -2.45. The van der Waals surface area contributed by atoms with E-state index >= 15 is 0 Å². The van der Waals surface area contributed by atoms with Gasteiger partial charge in [0.05, 0.1) is 6.54 Å². The van der Waals surface area contributed by atoms with Crippen molar-refractivity contribution in [2.75, 3.05) is 51.3 Å². The summed E-state index contributed by atoms with van der Waals surface area (Å²) in [6.45, 7) is 3.44. The van der Waals surface area contributed by atoms with Crippen molar-refractivity contribution in [1.82, 2.24) is 15.5 Å². The summed E-state index contributed by atoms with van der Waals surface area (Å²) in [5.74, 6) is 1.19. The Morgan fingerprint density at radius 1 is 1.37 bits per heavy atom. The van der Waals surface area contributed by atoms with Gasteiger partial charge in [0.15, 0.2) is 6.10 Å². The van der Waals surface area contributed by atoms with E-state index in [0.29, 0.717) is 6.54 Å². The monoisotopic (exact) mass is 291 g/mol. The van der Waals surface area contributed by atoms with E-state index in [-0.39, 0.29) is 12.6 Å². The molecule has 0 aromatic carbocycles. The summed E-state index contributed by atoms with van der Waals surface area (Å²) in [5.41, 5.74) is 0. The summed E-state index contributed by atoms with van der Waals surface area (Å²) in [5, 5.41) is 13.9. The van der Waals surface area contributed by atoms with Gasteiger partial charge >= 0.3 is 12.0 Å². The summed E-state index contributed by atoms with van der Waals surface area (Å²) in [6.07, 6.45) is -1.01. The lowest BCUT2D eigenvalue weighted by Gasteiger charge is -2.26. The molecule has 1 aliphatic heterocycles. The van der Waals surface area contributed by atoms with Crippen LogP contribution in [0.3, 0.4) is 0 Å². The SMILES string of the molecule is COC(CNC(=O)NCCN1CCSCC1)C(=O)O. The highest BCUT2D eigenvalue weighted by Crippen LogP contribution is 2.07. The van der Waals surface area contributed by atoms with E-state index in [4.69, 9.17) is 9.84 Å². The van der Waals surface area contributed by atoms with Gasteiger partial charge in [-0.15, -0.1) is 0 Å². The molecule has 19 heavy (non-hydrogen) atoms. The summed E-state index contributed by atoms with van der Waals surface area (Å²) in [4.78, 5) is 24.4. The summed E-state index contributed by atoms with van der Waals surface area (Å²) < 4.78 is 4.71. The molecule has 0 spiro atoms. The van der Waals surface area contributed by atoms with E-state index in [9.17, 15) is 9.59 Å². The second-order valence-corrected chi connectivity index (χ2v) is 5.38. The number of hydrogen-bond donors (Lipinski definition) is 3. The number of carbonyl (C=O) groups is 2. The molecule has 1 atom stereocenters. The van der Waals surface area contributed by atoms with Crippen molar-refractivity contribution in [2.24, 2.45) is 0 Å². The van der Waals surface area contributed by atoms with Crippen LogP contribution in [-0.4, -0.2) is 79.5 Å². The van der Waals surface area contributed by atoms with Crippen LogP contribution in [0, 0.1) is 0 Å². The first-order valence-corrected chi connectivity index (χ1v) is 7.36. The maximum absolute atomic E-state index is 11.4. The highest BCUT2D eigenvalue weighted by molar-refractivity contribution is 7.99. The van der Waals surface area contributed by atoms with Crippen molar-refractivity contribution < 1.29 is 19.4 Å². The van der Waals surface area contributed by atoms with Crippen LogP contribution >= 0.6 is 11.8 Å². The Kier molecular flexibility index (Phi) is 7.61. The van der Waals surface area contributed by atoms with Gasteiger partial charge in [0, 0.05) is 44.8 Å². The van der Waals surface area contributed by atoms with Crippen molar-refractivity contribution >= 4 is 23.8 Å². The zero-order chi connectivity index (χ0) is 14.1. The zero-order valence-electron chi connectivity index (χ0n) is 11.1. The van der Waals surface area contributed by atoms with E-state index in [1.165, 1.54) is 7.11 Å². The number of carboxylic acid groups (broad SMARTS) is 1. The maximum Gasteiger partial charge on any atom is 0.334 e. The minimum Gasteiger partial charge on any atom is -0.479 e. The number of nitrogens with zero attached hydrogens (tertiary/aromatic N) is 1. The van der Waals surface area contributed by atoms with Crippen LogP contribution in [0.5, 0.6) is 0 Å². The first-order valence-electron chi connectivity index (χ1n) is 6.21. The molecule has 3 N–H and O–H groups in total. The number of ether oxygens (including phenoxy) is 1. The van der Waals surface area contributed by atoms with Crippen molar-refractivity contribution in [3.63, 3.8) is 0 Å². The predicted molar refractivity (Wildman–Crippen MR) is 73.6 cm³/mol. The molecule has 8 heteroatoms. The van der Waals surface area contributed by atoms with Crippen LogP contribution in [0.4, 0.5) is 4.79 Å². The van der Waals surface area contributed by atoms with Crippen LogP contribution in [0.25, 0.3) is 0 Å². The van der Waals surface area contributed by atoms with Crippen LogP contribution in [0.2, 0.25) is 0 Å². The minimum atomic E-state index is -1.09. The average Bonchev–Trinajstić information content (AvgIpc) is 2.40. The largest absolute Gasteiger partial charge is 0.479 e. The lowest BCUT2D eigenvalue weighted by atomic mass is 10.3. The molecular weight excluding hydrogens is 270 g/mol. The van der Waals surface area contributed by atoms with E-state index < -0.39 is 12.1 Å². The van der Waals surface area contributed by atoms with Crippen LogP contribution < -0.4 is 10.6 Å². The molecule has 1 saturated heterocycles. The Bertz CT molecular complexity index is 298. The van der Waals surface area contributed by atoms with E-state index in [1.54, 1.807) is 0 Å². The highest BCUT2D eigenvalue weighted by atomic mass is 32.2. The summed E-state index contributed by atoms with van der Waals surface area (Å²) in [7, 11) is 1.30. The van der Waals surface area contributed by atoms with Gasteiger partial charge < -0.3 is 20.5 Å². The second kappa shape index (κ2) is 9.00. The third kappa shape index (κ3) is 6.65. The van der Waals surface area contributed by atoms with Crippen LogP contribution in [0.15, 0.2) is 0 Å². The van der Waals surface area contributed by atoms with E-state index in [1.807, 2.05) is 11.8 Å². The molecule has 1 heterocycles. The first-order chi connectivity index (χ1) is 9.13. The molecule has 1 unspecified atom stereocenters. The molecule has 0 aromatic heterocycles. The molecule has 7 nitrogen and oxygen atoms in total. The first kappa shape index (κ1) is 16.1. The molecule has 0 bridgehead atoms. The van der Waals surface area contributed by atoms with Gasteiger partial charge in [-0.05, 0) is 0 Å². The van der Waals surface area contributed by atoms with Crippen molar-refractivity contribution in [3.8, 4) is 0 Å². The molecule has 1 rings (SSSR count). The van der Waals surface area contributed by atoms with Gasteiger partial charge in [0.2, 0.25) is 0 Å². The standard InChI is InChI=1S/C11H21N3O4S/c1-18-9(10(15)16)8-13-11(17)12-2-3-14-4-6-19-7-5-14/h9H,2-8H2,1H3,(H,15,16)(H2,12,13,17). The molecule has 1 fully saturated rings. The van der Waals surface area contributed by atoms with E-state index in [0.717, 1.165) is 31.1 Å². The maximum atomic E-state index is 11.4. The smallest absolute Gasteiger partial charge is 0.334 e. The molecule has 2 amide bonds. The molecule has 0 aromatic rings. The van der Waals surface area contributed by atoms with Crippen LogP contribution in [0.1, 0.15) is 0 Å². The number of rotatable bonds is 7. The molecule has 0 aliphatic carbocycles. The number of amides is 2. The predicted octanol–water partition coefficient (Wildman–Crippen LogP) is -0.566. The molecule has 110 valence electrons. The van der Waals surface area contributed by atoms with Gasteiger partial charge in [0.1, 0.15) is 0 Å². The third-order valence-corrected chi connectivity index (χ3v) is 3.77. The summed E-state index contributed by atoms with van der Waals surface area (Å²) >= 11 is 1.94. The normalized spacial score (nSPS) is 17.7. The van der Waals surface area contributed by atoms with Crippen molar-refractivity contribution in [1.29, 1.82) is 0 Å². The molecule has 0 radical (unpaired) electrons. The van der Waals surface area contributed by atoms with Gasteiger partial charge in [0.25, 0.3) is 0 Å². The number of methoxy groups -OCH3 is 1. The average molecular weight is 291 g/mol. The quantitative estimate of drug-likeness (QED) is 0.582. The van der Waals surface area contributed by atoms with Crippen molar-refractivity contribution in [3.05, 3.63) is 0 Å². The fraction of sp³-hybridized carbons (Fsp3) is 0.818. The molecular formula is C11H21N3O4S. The fourth-order valence-corrected chi connectivity index (χ4v) is 2.65. The van der Waals surface area contributed by atoms with Crippen LogP contribution in [-0.2, 0) is 9.53 Å². The number of thioether (sulfide) groups is 1. The van der Waals surface area contributed by atoms with Gasteiger partial charge in [-0.2, -0.15) is 11.8 Å². The Hall–Kier alpha value is -0.990.